The monoisotopic (exact) mass is 442 g/mol. The fourth-order valence-corrected chi connectivity index (χ4v) is 3.94. The molecule has 3 rings (SSSR count). The van der Waals surface area contributed by atoms with E-state index in [4.69, 9.17) is 14.2 Å². The number of hydrogen-bond acceptors (Lipinski definition) is 7. The van der Waals surface area contributed by atoms with Gasteiger partial charge < -0.3 is 18.8 Å². The average molecular weight is 442 g/mol. The Morgan fingerprint density at radius 1 is 0.968 bits per heavy atom. The van der Waals surface area contributed by atoms with E-state index >= 15 is 0 Å². The lowest BCUT2D eigenvalue weighted by Gasteiger charge is -2.06. The van der Waals surface area contributed by atoms with E-state index in [1.165, 1.54) is 11.3 Å². The summed E-state index contributed by atoms with van der Waals surface area (Å²) in [6.45, 7) is 3.85. The maximum Gasteiger partial charge on any atom is 0.338 e. The van der Waals surface area contributed by atoms with Crippen LogP contribution in [0, 0.1) is 0 Å². The molecule has 0 aliphatic carbocycles. The Hall–Kier alpha value is -3.46. The lowest BCUT2D eigenvalue weighted by Crippen LogP contribution is -2.23. The number of carbonyl (C=O) groups is 3. The molecule has 162 valence electrons. The molecule has 9 heteroatoms. The largest absolute Gasteiger partial charge is 0.497 e. The summed E-state index contributed by atoms with van der Waals surface area (Å²) in [4.78, 5) is 41.5. The van der Waals surface area contributed by atoms with Gasteiger partial charge in [0.25, 0.3) is 5.91 Å². The van der Waals surface area contributed by atoms with Crippen molar-refractivity contribution < 1.29 is 28.6 Å². The van der Waals surface area contributed by atoms with Crippen LogP contribution in [-0.2, 0) is 20.8 Å². The predicted octanol–water partition coefficient (Wildman–Crippen LogP) is 3.19. The lowest BCUT2D eigenvalue weighted by atomic mass is 10.2. The Kier molecular flexibility index (Phi) is 7.19. The zero-order valence-electron chi connectivity index (χ0n) is 17.4. The van der Waals surface area contributed by atoms with Crippen LogP contribution in [0.4, 0.5) is 0 Å². The summed E-state index contributed by atoms with van der Waals surface area (Å²) in [5, 5.41) is 0. The van der Waals surface area contributed by atoms with Crippen molar-refractivity contribution in [2.24, 2.45) is 4.99 Å². The van der Waals surface area contributed by atoms with Gasteiger partial charge in [-0.1, -0.05) is 11.3 Å². The van der Waals surface area contributed by atoms with Gasteiger partial charge in [0, 0.05) is 5.56 Å². The molecule has 0 aliphatic rings. The summed E-state index contributed by atoms with van der Waals surface area (Å²) in [6, 6.07) is 11.6. The number of amides is 1. The zero-order chi connectivity index (χ0) is 22.4. The molecule has 1 amide bonds. The lowest BCUT2D eigenvalue weighted by molar-refractivity contribution is -0.143. The van der Waals surface area contributed by atoms with Gasteiger partial charge in [-0.3, -0.25) is 9.59 Å². The van der Waals surface area contributed by atoms with E-state index in [0.29, 0.717) is 31.9 Å². The average Bonchev–Trinajstić information content (AvgIpc) is 3.10. The van der Waals surface area contributed by atoms with Gasteiger partial charge in [0.15, 0.2) is 4.80 Å². The molecule has 0 spiro atoms. The van der Waals surface area contributed by atoms with E-state index in [1.807, 2.05) is 0 Å². The number of thiazole rings is 1. The fourth-order valence-electron chi connectivity index (χ4n) is 2.87. The second-order valence-corrected chi connectivity index (χ2v) is 7.33. The molecule has 0 atom stereocenters. The van der Waals surface area contributed by atoms with Crippen molar-refractivity contribution in [3.05, 3.63) is 58.4 Å². The van der Waals surface area contributed by atoms with Gasteiger partial charge in [-0.05, 0) is 56.3 Å². The van der Waals surface area contributed by atoms with Gasteiger partial charge in [0.2, 0.25) is 0 Å². The first-order chi connectivity index (χ1) is 15.0. The van der Waals surface area contributed by atoms with Gasteiger partial charge >= 0.3 is 11.9 Å². The quantitative estimate of drug-likeness (QED) is 0.522. The summed E-state index contributed by atoms with van der Waals surface area (Å²) < 4.78 is 17.5. The minimum atomic E-state index is -0.461. The van der Waals surface area contributed by atoms with Gasteiger partial charge in [-0.15, -0.1) is 0 Å². The molecule has 0 N–H and O–H groups in total. The Morgan fingerprint density at radius 2 is 1.65 bits per heavy atom. The Balaban J connectivity index is 2.07. The predicted molar refractivity (Wildman–Crippen MR) is 115 cm³/mol. The van der Waals surface area contributed by atoms with E-state index in [0.717, 1.165) is 0 Å². The molecule has 8 nitrogen and oxygen atoms in total. The molecule has 0 saturated heterocycles. The number of esters is 2. The Morgan fingerprint density at radius 3 is 2.29 bits per heavy atom. The smallest absolute Gasteiger partial charge is 0.338 e. The van der Waals surface area contributed by atoms with Crippen LogP contribution in [0.3, 0.4) is 0 Å². The van der Waals surface area contributed by atoms with E-state index in [2.05, 4.69) is 4.99 Å². The highest BCUT2D eigenvalue weighted by atomic mass is 32.1. The van der Waals surface area contributed by atoms with E-state index < -0.39 is 17.8 Å². The highest BCUT2D eigenvalue weighted by molar-refractivity contribution is 7.16. The van der Waals surface area contributed by atoms with Crippen LogP contribution in [-0.4, -0.2) is 42.7 Å². The molecule has 1 heterocycles. The van der Waals surface area contributed by atoms with E-state index in [1.54, 1.807) is 68.0 Å². The maximum atomic E-state index is 12.7. The summed E-state index contributed by atoms with van der Waals surface area (Å²) in [5.74, 6) is -0.725. The number of benzene rings is 2. The van der Waals surface area contributed by atoms with Crippen molar-refractivity contribution in [2.45, 2.75) is 20.4 Å². The zero-order valence-corrected chi connectivity index (χ0v) is 18.2. The highest BCUT2D eigenvalue weighted by Crippen LogP contribution is 2.20. The molecule has 0 fully saturated rings. The molecule has 2 aromatic carbocycles. The third-order valence-electron chi connectivity index (χ3n) is 4.32. The summed E-state index contributed by atoms with van der Waals surface area (Å²) in [5.41, 5.74) is 1.42. The second kappa shape index (κ2) is 10.0. The third-order valence-corrected chi connectivity index (χ3v) is 5.36. The first kappa shape index (κ1) is 22.2. The van der Waals surface area contributed by atoms with Crippen molar-refractivity contribution in [2.75, 3.05) is 20.3 Å². The number of ether oxygens (including phenoxy) is 3. The molecule has 31 heavy (non-hydrogen) atoms. The second-order valence-electron chi connectivity index (χ2n) is 6.32. The first-order valence-electron chi connectivity index (χ1n) is 9.66. The van der Waals surface area contributed by atoms with Gasteiger partial charge in [0.05, 0.1) is 36.1 Å². The molecule has 0 bridgehead atoms. The van der Waals surface area contributed by atoms with Gasteiger partial charge in [-0.25, -0.2) is 4.79 Å². The normalized spacial score (nSPS) is 11.4. The molecule has 1 aromatic heterocycles. The molecule has 3 aromatic rings. The number of fused-ring (bicyclic) bond motifs is 1. The fraction of sp³-hybridized carbons (Fsp3) is 0.273. The topological polar surface area (TPSA) is 96.2 Å². The van der Waals surface area contributed by atoms with E-state index in [-0.39, 0.29) is 19.8 Å². The molecule has 0 radical (unpaired) electrons. The standard InChI is InChI=1S/C22H22N2O6S/c1-4-29-19(25)13-24-17-11-8-15(21(27)30-5-2)12-18(17)31-22(24)23-20(26)14-6-9-16(28-3)10-7-14/h6-12H,4-5,13H2,1-3H3. The van der Waals surface area contributed by atoms with Gasteiger partial charge in [0.1, 0.15) is 12.3 Å². The van der Waals surface area contributed by atoms with Crippen molar-refractivity contribution in [1.82, 2.24) is 4.57 Å². The van der Waals surface area contributed by atoms with Crippen LogP contribution in [0.2, 0.25) is 0 Å². The molecule has 0 saturated carbocycles. The number of nitrogens with zero attached hydrogens (tertiary/aromatic N) is 2. The summed E-state index contributed by atoms with van der Waals surface area (Å²) >= 11 is 1.20. The van der Waals surface area contributed by atoms with Crippen LogP contribution in [0.15, 0.2) is 47.5 Å². The van der Waals surface area contributed by atoms with Crippen molar-refractivity contribution in [1.29, 1.82) is 0 Å². The number of carbonyl (C=O) groups excluding carboxylic acids is 3. The van der Waals surface area contributed by atoms with Crippen LogP contribution >= 0.6 is 11.3 Å². The number of hydrogen-bond donors (Lipinski definition) is 0. The molecular weight excluding hydrogens is 420 g/mol. The molecular formula is C22H22N2O6S. The third kappa shape index (κ3) is 5.18. The summed E-state index contributed by atoms with van der Waals surface area (Å²) in [6.07, 6.45) is 0. The van der Waals surface area contributed by atoms with Crippen molar-refractivity contribution in [3.8, 4) is 5.75 Å². The van der Waals surface area contributed by atoms with Crippen LogP contribution in [0.1, 0.15) is 34.6 Å². The first-order valence-corrected chi connectivity index (χ1v) is 10.5. The van der Waals surface area contributed by atoms with Crippen LogP contribution < -0.4 is 9.54 Å². The number of rotatable bonds is 7. The minimum absolute atomic E-state index is 0.110. The maximum absolute atomic E-state index is 12.7. The van der Waals surface area contributed by atoms with Crippen LogP contribution in [0.25, 0.3) is 10.2 Å². The minimum Gasteiger partial charge on any atom is -0.497 e. The van der Waals surface area contributed by atoms with E-state index in [9.17, 15) is 14.4 Å². The van der Waals surface area contributed by atoms with Crippen molar-refractivity contribution >= 4 is 39.4 Å². The number of methoxy groups -OCH3 is 1. The molecule has 0 aliphatic heterocycles. The Labute approximate surface area is 182 Å². The highest BCUT2D eigenvalue weighted by Gasteiger charge is 2.15. The Bertz CT molecular complexity index is 1180. The SMILES string of the molecule is CCOC(=O)Cn1c(=NC(=O)c2ccc(OC)cc2)sc2cc(C(=O)OCC)ccc21. The van der Waals surface area contributed by atoms with Crippen LogP contribution in [0.5, 0.6) is 5.75 Å². The molecule has 0 unspecified atom stereocenters. The number of aromatic nitrogens is 1. The van der Waals surface area contributed by atoms with Crippen molar-refractivity contribution in [3.63, 3.8) is 0 Å². The summed E-state index contributed by atoms with van der Waals surface area (Å²) in [7, 11) is 1.54. The van der Waals surface area contributed by atoms with Gasteiger partial charge in [-0.2, -0.15) is 4.99 Å².